The van der Waals surface area contributed by atoms with Gasteiger partial charge in [-0.3, -0.25) is 9.48 Å². The molecular formula is C26H24ClN3O2. The molecular weight excluding hydrogens is 422 g/mol. The van der Waals surface area contributed by atoms with Gasteiger partial charge in [-0.05, 0) is 48.7 Å². The fourth-order valence-corrected chi connectivity index (χ4v) is 3.64. The van der Waals surface area contributed by atoms with Crippen molar-refractivity contribution >= 4 is 23.3 Å². The molecule has 162 valence electrons. The first kappa shape index (κ1) is 21.7. The minimum Gasteiger partial charge on any atom is -0.489 e. The van der Waals surface area contributed by atoms with Gasteiger partial charge < -0.3 is 10.1 Å². The third-order valence-corrected chi connectivity index (χ3v) is 5.33. The molecule has 32 heavy (non-hydrogen) atoms. The second-order valence-electron chi connectivity index (χ2n) is 7.72. The van der Waals surface area contributed by atoms with Crippen LogP contribution in [-0.4, -0.2) is 15.7 Å². The highest BCUT2D eigenvalue weighted by atomic mass is 35.5. The van der Waals surface area contributed by atoms with Crippen LogP contribution in [0.25, 0.3) is 0 Å². The Morgan fingerprint density at radius 1 is 1.00 bits per heavy atom. The lowest BCUT2D eigenvalue weighted by atomic mass is 10.1. The van der Waals surface area contributed by atoms with Gasteiger partial charge in [-0.2, -0.15) is 5.10 Å². The molecule has 0 fully saturated rings. The molecule has 1 heterocycles. The van der Waals surface area contributed by atoms with Gasteiger partial charge >= 0.3 is 0 Å². The first-order valence-electron chi connectivity index (χ1n) is 10.3. The molecule has 0 saturated carbocycles. The fraction of sp³-hybridized carbons (Fsp3) is 0.154. The first-order chi connectivity index (χ1) is 15.5. The van der Waals surface area contributed by atoms with Crippen molar-refractivity contribution in [3.8, 4) is 5.75 Å². The number of anilines is 1. The minimum absolute atomic E-state index is 0.273. The Bertz CT molecular complexity index is 1240. The van der Waals surface area contributed by atoms with Crippen LogP contribution in [0.3, 0.4) is 0 Å². The zero-order valence-electron chi connectivity index (χ0n) is 18.0. The molecule has 1 N–H and O–H groups in total. The van der Waals surface area contributed by atoms with E-state index >= 15 is 0 Å². The summed E-state index contributed by atoms with van der Waals surface area (Å²) in [6, 6.07) is 23.3. The monoisotopic (exact) mass is 445 g/mol. The van der Waals surface area contributed by atoms with E-state index in [0.29, 0.717) is 29.6 Å². The van der Waals surface area contributed by atoms with Crippen molar-refractivity contribution in [1.29, 1.82) is 0 Å². The minimum atomic E-state index is -0.273. The molecule has 4 rings (SSSR count). The van der Waals surface area contributed by atoms with Crippen LogP contribution in [0.4, 0.5) is 5.82 Å². The number of nitrogens with one attached hydrogen (secondary N) is 1. The van der Waals surface area contributed by atoms with E-state index in [1.165, 1.54) is 5.56 Å². The summed E-state index contributed by atoms with van der Waals surface area (Å²) in [5.41, 5.74) is 4.79. The summed E-state index contributed by atoms with van der Waals surface area (Å²) in [6.07, 6.45) is 1.71. The number of rotatable bonds is 7. The molecule has 0 unspecified atom stereocenters. The van der Waals surface area contributed by atoms with Gasteiger partial charge in [0.05, 0.1) is 6.54 Å². The van der Waals surface area contributed by atoms with Crippen molar-refractivity contribution in [2.45, 2.75) is 27.0 Å². The zero-order chi connectivity index (χ0) is 22.5. The highest BCUT2D eigenvalue weighted by Crippen LogP contribution is 2.22. The lowest BCUT2D eigenvalue weighted by Gasteiger charge is -2.11. The SMILES string of the molecule is Cc1ccc(OCc2cccc(C(=O)Nc3nn(Cc4ccccc4)cc3Cl)c2)c(C)c1. The number of nitrogens with zero attached hydrogens (tertiary/aromatic N) is 2. The van der Waals surface area contributed by atoms with Gasteiger partial charge in [-0.25, -0.2) is 0 Å². The quantitative estimate of drug-likeness (QED) is 0.377. The number of halogens is 1. The van der Waals surface area contributed by atoms with Gasteiger partial charge in [0.25, 0.3) is 5.91 Å². The number of hydrogen-bond acceptors (Lipinski definition) is 3. The third-order valence-electron chi connectivity index (χ3n) is 5.05. The molecule has 0 aliphatic carbocycles. The number of benzene rings is 3. The van der Waals surface area contributed by atoms with Crippen molar-refractivity contribution in [2.24, 2.45) is 0 Å². The molecule has 6 heteroatoms. The van der Waals surface area contributed by atoms with Crippen LogP contribution < -0.4 is 10.1 Å². The van der Waals surface area contributed by atoms with Crippen molar-refractivity contribution in [3.05, 3.63) is 112 Å². The standard InChI is InChI=1S/C26H24ClN3O2/c1-18-11-12-24(19(2)13-18)32-17-21-9-6-10-22(14-21)26(31)28-25-23(27)16-30(29-25)15-20-7-4-3-5-8-20/h3-14,16H,15,17H2,1-2H3,(H,28,29,31). The van der Waals surface area contributed by atoms with E-state index in [2.05, 4.69) is 23.4 Å². The number of aryl methyl sites for hydroxylation is 2. The Hall–Kier alpha value is -3.57. The third kappa shape index (κ3) is 5.37. The lowest BCUT2D eigenvalue weighted by Crippen LogP contribution is -2.13. The molecule has 0 spiro atoms. The lowest BCUT2D eigenvalue weighted by molar-refractivity contribution is 0.102. The smallest absolute Gasteiger partial charge is 0.256 e. The summed E-state index contributed by atoms with van der Waals surface area (Å²) in [6.45, 7) is 5.02. The van der Waals surface area contributed by atoms with E-state index in [1.807, 2.05) is 67.6 Å². The van der Waals surface area contributed by atoms with E-state index < -0.39 is 0 Å². The maximum atomic E-state index is 12.8. The summed E-state index contributed by atoms with van der Waals surface area (Å²) < 4.78 is 7.65. The maximum Gasteiger partial charge on any atom is 0.256 e. The van der Waals surface area contributed by atoms with E-state index in [9.17, 15) is 4.79 Å². The average Bonchev–Trinajstić information content (AvgIpc) is 3.12. The topological polar surface area (TPSA) is 56.1 Å². The van der Waals surface area contributed by atoms with Crippen LogP contribution in [-0.2, 0) is 13.2 Å². The zero-order valence-corrected chi connectivity index (χ0v) is 18.8. The number of carbonyl (C=O) groups is 1. The van der Waals surface area contributed by atoms with Crippen LogP contribution in [0.15, 0.2) is 79.0 Å². The predicted molar refractivity (Wildman–Crippen MR) is 127 cm³/mol. The van der Waals surface area contributed by atoms with Crippen molar-refractivity contribution in [1.82, 2.24) is 9.78 Å². The van der Waals surface area contributed by atoms with Gasteiger partial charge in [0.2, 0.25) is 0 Å². The molecule has 0 bridgehead atoms. The van der Waals surface area contributed by atoms with Crippen molar-refractivity contribution in [3.63, 3.8) is 0 Å². The van der Waals surface area contributed by atoms with Crippen molar-refractivity contribution in [2.75, 3.05) is 5.32 Å². The molecule has 0 atom stereocenters. The fourth-order valence-electron chi connectivity index (χ4n) is 3.44. The molecule has 5 nitrogen and oxygen atoms in total. The highest BCUT2D eigenvalue weighted by Gasteiger charge is 2.13. The Morgan fingerprint density at radius 3 is 2.56 bits per heavy atom. The van der Waals surface area contributed by atoms with Crippen LogP contribution >= 0.6 is 11.6 Å². The van der Waals surface area contributed by atoms with E-state index in [0.717, 1.165) is 22.4 Å². The van der Waals surface area contributed by atoms with Crippen LogP contribution in [0.1, 0.15) is 32.6 Å². The van der Waals surface area contributed by atoms with E-state index in [4.69, 9.17) is 16.3 Å². The van der Waals surface area contributed by atoms with Gasteiger partial charge in [0.1, 0.15) is 17.4 Å². The van der Waals surface area contributed by atoms with Gasteiger partial charge in [-0.1, -0.05) is 71.8 Å². The Labute approximate surface area is 192 Å². The van der Waals surface area contributed by atoms with Crippen LogP contribution in [0.2, 0.25) is 5.02 Å². The number of amides is 1. The molecule has 0 radical (unpaired) electrons. The number of hydrogen-bond donors (Lipinski definition) is 1. The predicted octanol–water partition coefficient (Wildman–Crippen LogP) is 6.03. The van der Waals surface area contributed by atoms with Gasteiger partial charge in [-0.15, -0.1) is 0 Å². The second-order valence-corrected chi connectivity index (χ2v) is 8.13. The summed E-state index contributed by atoms with van der Waals surface area (Å²) in [5, 5.41) is 7.61. The highest BCUT2D eigenvalue weighted by molar-refractivity contribution is 6.33. The first-order valence-corrected chi connectivity index (χ1v) is 10.7. The molecule has 4 aromatic rings. The maximum absolute atomic E-state index is 12.8. The summed E-state index contributed by atoms with van der Waals surface area (Å²) in [7, 11) is 0. The Balaban J connectivity index is 1.41. The van der Waals surface area contributed by atoms with Crippen molar-refractivity contribution < 1.29 is 9.53 Å². The summed E-state index contributed by atoms with van der Waals surface area (Å²) in [4.78, 5) is 12.8. The Morgan fingerprint density at radius 2 is 1.78 bits per heavy atom. The summed E-state index contributed by atoms with van der Waals surface area (Å²) in [5.74, 6) is 0.899. The largest absolute Gasteiger partial charge is 0.489 e. The second kappa shape index (κ2) is 9.71. The molecule has 1 aromatic heterocycles. The molecule has 1 amide bonds. The molecule has 0 aliphatic heterocycles. The van der Waals surface area contributed by atoms with E-state index in [1.54, 1.807) is 16.9 Å². The average molecular weight is 446 g/mol. The number of carbonyl (C=O) groups excluding carboxylic acids is 1. The number of ether oxygens (including phenoxy) is 1. The van der Waals surface area contributed by atoms with E-state index in [-0.39, 0.29) is 5.91 Å². The van der Waals surface area contributed by atoms with Crippen LogP contribution in [0, 0.1) is 13.8 Å². The number of aromatic nitrogens is 2. The van der Waals surface area contributed by atoms with Crippen LogP contribution in [0.5, 0.6) is 5.75 Å². The van der Waals surface area contributed by atoms with Gasteiger partial charge in [0.15, 0.2) is 5.82 Å². The molecule has 0 saturated heterocycles. The normalized spacial score (nSPS) is 10.7. The Kier molecular flexibility index (Phi) is 6.57. The molecule has 3 aromatic carbocycles. The summed E-state index contributed by atoms with van der Waals surface area (Å²) >= 11 is 6.30. The molecule has 0 aliphatic rings. The van der Waals surface area contributed by atoms with Gasteiger partial charge in [0, 0.05) is 11.8 Å².